The van der Waals surface area contributed by atoms with Crippen LogP contribution in [0.2, 0.25) is 0 Å². The maximum Gasteiger partial charge on any atom is 0.272 e. The van der Waals surface area contributed by atoms with Gasteiger partial charge in [-0.3, -0.25) is 14.7 Å². The lowest BCUT2D eigenvalue weighted by molar-refractivity contribution is 0.101. The van der Waals surface area contributed by atoms with E-state index in [-0.39, 0.29) is 27.1 Å². The molecule has 3 N–H and O–H groups in total. The molecular weight excluding hydrogens is 585 g/mol. The van der Waals surface area contributed by atoms with Gasteiger partial charge in [0.05, 0.1) is 26.6 Å². The van der Waals surface area contributed by atoms with Gasteiger partial charge in [0.15, 0.2) is 5.82 Å². The Balaban J connectivity index is 1.32. The Bertz CT molecular complexity index is 2000. The van der Waals surface area contributed by atoms with E-state index >= 15 is 0 Å². The number of benzene rings is 3. The summed E-state index contributed by atoms with van der Waals surface area (Å²) in [5.74, 6) is -1.50. The molecule has 0 aliphatic carbocycles. The third-order valence-corrected chi connectivity index (χ3v) is 9.47. The zero-order valence-corrected chi connectivity index (χ0v) is 24.9. The van der Waals surface area contributed by atoms with Crippen LogP contribution in [0.25, 0.3) is 10.9 Å². The average Bonchev–Trinajstić information content (AvgIpc) is 3.63. The number of likely N-dealkylation sites (N-methyl/N-ethyl adjacent to an activating group) is 1. The van der Waals surface area contributed by atoms with E-state index in [0.717, 1.165) is 37.9 Å². The predicted octanol–water partition coefficient (Wildman–Crippen LogP) is 4.13. The maximum absolute atomic E-state index is 13.8. The van der Waals surface area contributed by atoms with Crippen LogP contribution in [0.15, 0.2) is 88.8 Å². The zero-order chi connectivity index (χ0) is 31.0. The molecule has 0 saturated carbocycles. The van der Waals surface area contributed by atoms with Crippen LogP contribution in [0.3, 0.4) is 0 Å². The minimum absolute atomic E-state index is 0.0838. The van der Waals surface area contributed by atoms with Gasteiger partial charge in [0, 0.05) is 50.5 Å². The van der Waals surface area contributed by atoms with Gasteiger partial charge in [-0.05, 0) is 73.8 Å². The zero-order valence-electron chi connectivity index (χ0n) is 24.0. The number of fused-ring (bicyclic) bond motifs is 1. The molecule has 1 aliphatic rings. The molecule has 2 aromatic heterocycles. The Morgan fingerprint density at radius 1 is 0.864 bits per heavy atom. The lowest BCUT2D eigenvalue weighted by Gasteiger charge is -2.34. The summed E-state index contributed by atoms with van der Waals surface area (Å²) in [6.45, 7) is 3.37. The Hall–Kier alpha value is -5.01. The van der Waals surface area contributed by atoms with Gasteiger partial charge in [-0.1, -0.05) is 6.07 Å². The molecule has 0 radical (unpaired) electrons. The molecule has 13 heteroatoms. The number of carbonyl (C=O) groups excluding carboxylic acids is 2. The fourth-order valence-corrected chi connectivity index (χ4v) is 6.50. The predicted molar refractivity (Wildman–Crippen MR) is 165 cm³/mol. The molecule has 5 aromatic rings. The first-order chi connectivity index (χ1) is 21.1. The standard InChI is InChI=1S/C31H30FN7O4S/c1-37-13-15-39(16-14-37)21-8-10-24(27(18-21)33-31(41)28-7-4-12-38(28)2)30(40)34-29-25-19-23(9-11-26(25)35-36-29)44(42,43)22-6-3-5-20(32)17-22/h3-12,17-19H,13-16H2,1-2H3,(H,33,41)(H2,34,35,36,40). The van der Waals surface area contributed by atoms with Crippen LogP contribution in [-0.4, -0.2) is 73.1 Å². The van der Waals surface area contributed by atoms with Crippen LogP contribution in [0.5, 0.6) is 0 Å². The van der Waals surface area contributed by atoms with Gasteiger partial charge in [-0.15, -0.1) is 0 Å². The summed E-state index contributed by atoms with van der Waals surface area (Å²) in [6, 6.07) is 17.8. The number of halogens is 1. The van der Waals surface area contributed by atoms with Gasteiger partial charge < -0.3 is 25.0 Å². The largest absolute Gasteiger partial charge is 0.369 e. The molecule has 11 nitrogen and oxygen atoms in total. The van der Waals surface area contributed by atoms with Crippen molar-refractivity contribution in [2.45, 2.75) is 9.79 Å². The van der Waals surface area contributed by atoms with E-state index in [9.17, 15) is 22.4 Å². The molecule has 3 aromatic carbocycles. The Kier molecular flexibility index (Phi) is 7.66. The molecule has 3 heterocycles. The second-order valence-electron chi connectivity index (χ2n) is 10.7. The van der Waals surface area contributed by atoms with Crippen molar-refractivity contribution < 1.29 is 22.4 Å². The van der Waals surface area contributed by atoms with Crippen molar-refractivity contribution >= 4 is 49.7 Å². The molecule has 0 spiro atoms. The first-order valence-corrected chi connectivity index (χ1v) is 15.4. The van der Waals surface area contributed by atoms with Gasteiger partial charge >= 0.3 is 0 Å². The fourth-order valence-electron chi connectivity index (χ4n) is 5.18. The first kappa shape index (κ1) is 29.1. The van der Waals surface area contributed by atoms with E-state index in [2.05, 4.69) is 37.7 Å². The van der Waals surface area contributed by atoms with E-state index in [1.807, 2.05) is 6.07 Å². The quantitative estimate of drug-likeness (QED) is 0.251. The van der Waals surface area contributed by atoms with E-state index < -0.39 is 21.6 Å². The third kappa shape index (κ3) is 5.66. The molecule has 0 bridgehead atoms. The van der Waals surface area contributed by atoms with E-state index in [1.54, 1.807) is 42.1 Å². The van der Waals surface area contributed by atoms with Crippen LogP contribution in [0.4, 0.5) is 21.6 Å². The highest BCUT2D eigenvalue weighted by molar-refractivity contribution is 7.91. The third-order valence-electron chi connectivity index (χ3n) is 7.72. The topological polar surface area (TPSA) is 132 Å². The van der Waals surface area contributed by atoms with Gasteiger partial charge in [-0.25, -0.2) is 12.8 Å². The van der Waals surface area contributed by atoms with Gasteiger partial charge in [0.1, 0.15) is 11.5 Å². The number of H-pyrrole nitrogens is 1. The summed E-state index contributed by atoms with van der Waals surface area (Å²) < 4.78 is 41.9. The fraction of sp³-hybridized carbons (Fsp3) is 0.194. The summed E-state index contributed by atoms with van der Waals surface area (Å²) in [7, 11) is -0.221. The molecule has 0 atom stereocenters. The first-order valence-electron chi connectivity index (χ1n) is 13.9. The number of aryl methyl sites for hydroxylation is 1. The van der Waals surface area contributed by atoms with Crippen molar-refractivity contribution in [3.05, 3.63) is 96.1 Å². The van der Waals surface area contributed by atoms with Crippen LogP contribution < -0.4 is 15.5 Å². The maximum atomic E-state index is 13.8. The Labute approximate surface area is 253 Å². The van der Waals surface area contributed by atoms with Crippen molar-refractivity contribution in [2.75, 3.05) is 48.8 Å². The summed E-state index contributed by atoms with van der Waals surface area (Å²) >= 11 is 0. The van der Waals surface area contributed by atoms with Gasteiger partial charge in [0.25, 0.3) is 11.8 Å². The van der Waals surface area contributed by atoms with Crippen molar-refractivity contribution in [3.8, 4) is 0 Å². The molecule has 1 fully saturated rings. The Morgan fingerprint density at radius 3 is 2.36 bits per heavy atom. The van der Waals surface area contributed by atoms with E-state index in [0.29, 0.717) is 22.3 Å². The van der Waals surface area contributed by atoms with Crippen molar-refractivity contribution in [2.24, 2.45) is 7.05 Å². The number of rotatable bonds is 7. The number of carbonyl (C=O) groups is 2. The second kappa shape index (κ2) is 11.6. The van der Waals surface area contributed by atoms with Crippen molar-refractivity contribution in [1.29, 1.82) is 0 Å². The number of piperazine rings is 1. The lowest BCUT2D eigenvalue weighted by Crippen LogP contribution is -2.44. The minimum Gasteiger partial charge on any atom is -0.369 e. The molecule has 6 rings (SSSR count). The molecule has 1 aliphatic heterocycles. The molecule has 44 heavy (non-hydrogen) atoms. The monoisotopic (exact) mass is 615 g/mol. The summed E-state index contributed by atoms with van der Waals surface area (Å²) in [5, 5.41) is 13.0. The van der Waals surface area contributed by atoms with E-state index in [1.165, 1.54) is 36.4 Å². The van der Waals surface area contributed by atoms with Crippen molar-refractivity contribution in [1.82, 2.24) is 19.7 Å². The van der Waals surface area contributed by atoms with Gasteiger partial charge in [-0.2, -0.15) is 5.10 Å². The number of hydrogen-bond donors (Lipinski definition) is 3. The van der Waals surface area contributed by atoms with Crippen LogP contribution in [0.1, 0.15) is 20.8 Å². The molecule has 0 unspecified atom stereocenters. The summed E-state index contributed by atoms with van der Waals surface area (Å²) in [6.07, 6.45) is 1.76. The van der Waals surface area contributed by atoms with E-state index in [4.69, 9.17) is 0 Å². The number of nitrogens with one attached hydrogen (secondary N) is 3. The van der Waals surface area contributed by atoms with Crippen molar-refractivity contribution in [3.63, 3.8) is 0 Å². The Morgan fingerprint density at radius 2 is 1.64 bits per heavy atom. The summed E-state index contributed by atoms with van der Waals surface area (Å²) in [5.41, 5.74) is 2.30. The number of amides is 2. The SMILES string of the molecule is CN1CCN(c2ccc(C(=O)Nc3n[nH]c4ccc(S(=O)(=O)c5cccc(F)c5)cc34)c(NC(=O)c3cccn3C)c2)CC1. The minimum atomic E-state index is -4.04. The number of sulfone groups is 1. The average molecular weight is 616 g/mol. The lowest BCUT2D eigenvalue weighted by atomic mass is 10.1. The molecule has 226 valence electrons. The van der Waals surface area contributed by atoms with Crippen LogP contribution in [-0.2, 0) is 16.9 Å². The molecule has 2 amide bonds. The highest BCUT2D eigenvalue weighted by Crippen LogP contribution is 2.30. The second-order valence-corrected chi connectivity index (χ2v) is 12.6. The highest BCUT2D eigenvalue weighted by Gasteiger charge is 2.23. The molecular formula is C31H30FN7O4S. The highest BCUT2D eigenvalue weighted by atomic mass is 32.2. The van der Waals surface area contributed by atoms with Crippen LogP contribution >= 0.6 is 0 Å². The number of nitrogens with zero attached hydrogens (tertiary/aromatic N) is 4. The van der Waals surface area contributed by atoms with Gasteiger partial charge in [0.2, 0.25) is 9.84 Å². The van der Waals surface area contributed by atoms with Crippen LogP contribution in [0, 0.1) is 5.82 Å². The number of aromatic nitrogens is 3. The molecule has 1 saturated heterocycles. The smallest absolute Gasteiger partial charge is 0.272 e. The normalized spacial score (nSPS) is 14.1. The number of aromatic amines is 1. The summed E-state index contributed by atoms with van der Waals surface area (Å²) in [4.78, 5) is 31.0. The number of hydrogen-bond acceptors (Lipinski definition) is 7. The number of anilines is 3.